The molecule has 198 valence electrons. The molecular formula is C27H30FN7O3. The van der Waals surface area contributed by atoms with Gasteiger partial charge in [-0.1, -0.05) is 0 Å². The lowest BCUT2D eigenvalue weighted by atomic mass is 9.92. The predicted octanol–water partition coefficient (Wildman–Crippen LogP) is 3.00. The number of ether oxygens (including phenoxy) is 1. The number of hydrogen-bond acceptors (Lipinski definition) is 8. The van der Waals surface area contributed by atoms with Crippen molar-refractivity contribution in [2.45, 2.75) is 51.0 Å². The number of rotatable bonds is 5. The quantitative estimate of drug-likeness (QED) is 0.369. The third kappa shape index (κ3) is 4.63. The largest absolute Gasteiger partial charge is 0.460 e. The molecule has 0 spiro atoms. The summed E-state index contributed by atoms with van der Waals surface area (Å²) in [7, 11) is 1.72. The lowest BCUT2D eigenvalue weighted by Gasteiger charge is -2.38. The molecule has 6 rings (SSSR count). The van der Waals surface area contributed by atoms with Crippen molar-refractivity contribution in [3.05, 3.63) is 48.0 Å². The number of aryl methyl sites for hydroxylation is 1. The third-order valence-corrected chi connectivity index (χ3v) is 7.12. The Kier molecular flexibility index (Phi) is 6.11. The predicted molar refractivity (Wildman–Crippen MR) is 142 cm³/mol. The van der Waals surface area contributed by atoms with E-state index in [1.807, 2.05) is 6.07 Å². The normalized spacial score (nSPS) is 23.4. The zero-order valence-electron chi connectivity index (χ0n) is 21.5. The van der Waals surface area contributed by atoms with Gasteiger partial charge in [0.15, 0.2) is 5.82 Å². The minimum Gasteiger partial charge on any atom is -0.460 e. The van der Waals surface area contributed by atoms with Crippen molar-refractivity contribution in [2.75, 3.05) is 23.3 Å². The van der Waals surface area contributed by atoms with Gasteiger partial charge in [-0.15, -0.1) is 0 Å². The second kappa shape index (κ2) is 9.48. The van der Waals surface area contributed by atoms with Crippen LogP contribution >= 0.6 is 0 Å². The highest BCUT2D eigenvalue weighted by Gasteiger charge is 2.30. The first-order valence-corrected chi connectivity index (χ1v) is 12.8. The second-order valence-electron chi connectivity index (χ2n) is 10.4. The summed E-state index contributed by atoms with van der Waals surface area (Å²) in [4.78, 5) is 24.9. The maximum atomic E-state index is 14.6. The molecule has 10 nitrogen and oxygen atoms in total. The minimum atomic E-state index is -0.513. The SMILES string of the molecule is CC1CN(c2ccc(C(=O)Nc3cc(F)c4nn(C)cc4c3)c3nc(OC4CC(O)C4)ncc23)CC(C)N1. The van der Waals surface area contributed by atoms with Gasteiger partial charge in [-0.25, -0.2) is 9.37 Å². The summed E-state index contributed by atoms with van der Waals surface area (Å²) in [6.45, 7) is 5.88. The van der Waals surface area contributed by atoms with E-state index in [0.717, 1.165) is 24.2 Å². The lowest BCUT2D eigenvalue weighted by molar-refractivity contribution is -0.0149. The van der Waals surface area contributed by atoms with Crippen LogP contribution in [0.15, 0.2) is 36.7 Å². The monoisotopic (exact) mass is 519 g/mol. The Bertz CT molecular complexity index is 1520. The molecule has 1 aliphatic carbocycles. The van der Waals surface area contributed by atoms with Crippen LogP contribution in [0.4, 0.5) is 15.8 Å². The summed E-state index contributed by atoms with van der Waals surface area (Å²) in [6.07, 6.45) is 3.90. The number of aliphatic hydroxyl groups is 1. The molecule has 38 heavy (non-hydrogen) atoms. The number of aromatic nitrogens is 4. The van der Waals surface area contributed by atoms with Crippen LogP contribution in [0.1, 0.15) is 37.0 Å². The molecule has 3 heterocycles. The van der Waals surface area contributed by atoms with Crippen molar-refractivity contribution in [3.8, 4) is 6.01 Å². The summed E-state index contributed by atoms with van der Waals surface area (Å²) >= 11 is 0. The van der Waals surface area contributed by atoms with E-state index >= 15 is 0 Å². The smallest absolute Gasteiger partial charge is 0.317 e. The molecule has 2 atom stereocenters. The molecule has 2 aromatic carbocycles. The molecule has 1 saturated carbocycles. The number of fused-ring (bicyclic) bond motifs is 2. The number of nitrogens with zero attached hydrogens (tertiary/aromatic N) is 5. The van der Waals surface area contributed by atoms with E-state index in [9.17, 15) is 14.3 Å². The summed E-state index contributed by atoms with van der Waals surface area (Å²) < 4.78 is 22.0. The fraction of sp³-hybridized carbons (Fsp3) is 0.407. The van der Waals surface area contributed by atoms with Gasteiger partial charge in [-0.05, 0) is 38.1 Å². The number of anilines is 2. The van der Waals surface area contributed by atoms with Gasteiger partial charge in [-0.3, -0.25) is 9.48 Å². The van der Waals surface area contributed by atoms with Crippen molar-refractivity contribution in [1.29, 1.82) is 0 Å². The van der Waals surface area contributed by atoms with Crippen LogP contribution in [0.2, 0.25) is 0 Å². The molecule has 2 fully saturated rings. The third-order valence-electron chi connectivity index (χ3n) is 7.12. The number of hydrogen-bond donors (Lipinski definition) is 3. The molecule has 1 amide bonds. The van der Waals surface area contributed by atoms with Gasteiger partial charge in [0.1, 0.15) is 11.6 Å². The van der Waals surface area contributed by atoms with Crippen molar-refractivity contribution < 1.29 is 19.0 Å². The Morgan fingerprint density at radius 3 is 2.68 bits per heavy atom. The van der Waals surface area contributed by atoms with Gasteiger partial charge in [0, 0.05) is 79.6 Å². The minimum absolute atomic E-state index is 0.158. The van der Waals surface area contributed by atoms with Crippen molar-refractivity contribution in [2.24, 2.45) is 7.05 Å². The van der Waals surface area contributed by atoms with Crippen molar-refractivity contribution in [1.82, 2.24) is 25.1 Å². The topological polar surface area (TPSA) is 117 Å². The zero-order valence-corrected chi connectivity index (χ0v) is 21.5. The van der Waals surface area contributed by atoms with E-state index in [2.05, 4.69) is 44.4 Å². The molecule has 2 aromatic heterocycles. The first kappa shape index (κ1) is 24.5. The zero-order chi connectivity index (χ0) is 26.6. The Hall–Kier alpha value is -3.83. The molecule has 0 bridgehead atoms. The highest BCUT2D eigenvalue weighted by atomic mass is 19.1. The molecule has 3 N–H and O–H groups in total. The number of amides is 1. The molecule has 2 unspecified atom stereocenters. The maximum absolute atomic E-state index is 14.6. The van der Waals surface area contributed by atoms with Gasteiger partial charge in [0.25, 0.3) is 5.91 Å². The standard InChI is InChI=1S/C27H30FN7O3/c1-14-11-35(12-15(2)30-14)23-5-4-20(25-21(23)10-29-27(32-25)38-19-8-18(36)9-19)26(37)31-17-6-16-13-34(3)33-24(16)22(28)7-17/h4-7,10,13-15,18-19,30,36H,8-9,11-12H2,1-3H3,(H,31,37). The van der Waals surface area contributed by atoms with Crippen LogP contribution in [-0.2, 0) is 7.05 Å². The lowest BCUT2D eigenvalue weighted by Crippen LogP contribution is -2.54. The molecule has 11 heteroatoms. The molecule has 2 aliphatic rings. The summed E-state index contributed by atoms with van der Waals surface area (Å²) in [5, 5.41) is 21.4. The van der Waals surface area contributed by atoms with Crippen LogP contribution in [-0.4, -0.2) is 68.1 Å². The van der Waals surface area contributed by atoms with E-state index in [1.165, 1.54) is 10.7 Å². The van der Waals surface area contributed by atoms with E-state index in [-0.39, 0.29) is 23.7 Å². The number of carbonyl (C=O) groups is 1. The Balaban J connectivity index is 1.38. The van der Waals surface area contributed by atoms with Gasteiger partial charge in [0.05, 0.1) is 17.2 Å². The summed E-state index contributed by atoms with van der Waals surface area (Å²) in [5.74, 6) is -0.934. The van der Waals surface area contributed by atoms with Crippen LogP contribution in [0.3, 0.4) is 0 Å². The van der Waals surface area contributed by atoms with Crippen LogP contribution in [0.25, 0.3) is 21.8 Å². The molecule has 1 aliphatic heterocycles. The molecule has 4 aromatic rings. The van der Waals surface area contributed by atoms with Crippen LogP contribution < -0.4 is 20.3 Å². The van der Waals surface area contributed by atoms with Crippen LogP contribution in [0, 0.1) is 5.82 Å². The maximum Gasteiger partial charge on any atom is 0.317 e. The number of halogens is 1. The fourth-order valence-electron chi connectivity index (χ4n) is 5.39. The van der Waals surface area contributed by atoms with Gasteiger partial charge in [-0.2, -0.15) is 10.1 Å². The number of carbonyl (C=O) groups excluding carboxylic acids is 1. The molecular weight excluding hydrogens is 489 g/mol. The Morgan fingerprint density at radius 1 is 1.18 bits per heavy atom. The van der Waals surface area contributed by atoms with Gasteiger partial charge in [0.2, 0.25) is 0 Å². The van der Waals surface area contributed by atoms with Gasteiger partial charge >= 0.3 is 6.01 Å². The van der Waals surface area contributed by atoms with Gasteiger partial charge < -0.3 is 25.4 Å². The van der Waals surface area contributed by atoms with Crippen molar-refractivity contribution >= 4 is 39.1 Å². The Labute approximate surface area is 218 Å². The highest BCUT2D eigenvalue weighted by Crippen LogP contribution is 2.32. The van der Waals surface area contributed by atoms with Crippen LogP contribution in [0.5, 0.6) is 6.01 Å². The second-order valence-corrected chi connectivity index (χ2v) is 10.4. The average molecular weight is 520 g/mol. The van der Waals surface area contributed by atoms with Crippen molar-refractivity contribution in [3.63, 3.8) is 0 Å². The van der Waals surface area contributed by atoms with E-state index < -0.39 is 11.7 Å². The first-order valence-electron chi connectivity index (χ1n) is 12.8. The molecule has 0 radical (unpaired) electrons. The number of piperazine rings is 1. The highest BCUT2D eigenvalue weighted by molar-refractivity contribution is 6.14. The summed E-state index contributed by atoms with van der Waals surface area (Å²) in [6, 6.07) is 7.36. The molecule has 1 saturated heterocycles. The number of aliphatic hydroxyl groups excluding tert-OH is 1. The summed E-state index contributed by atoms with van der Waals surface area (Å²) in [5.41, 5.74) is 2.28. The Morgan fingerprint density at radius 2 is 1.95 bits per heavy atom. The van der Waals surface area contributed by atoms with E-state index in [1.54, 1.807) is 31.6 Å². The number of nitrogens with one attached hydrogen (secondary N) is 2. The first-order chi connectivity index (χ1) is 18.2. The van der Waals surface area contributed by atoms with E-state index in [0.29, 0.717) is 47.1 Å². The fourth-order valence-corrected chi connectivity index (χ4v) is 5.39. The average Bonchev–Trinajstić information content (AvgIpc) is 3.22. The number of benzene rings is 2. The van der Waals surface area contributed by atoms with E-state index in [4.69, 9.17) is 4.74 Å².